The lowest BCUT2D eigenvalue weighted by molar-refractivity contribution is 0.288. The van der Waals surface area contributed by atoms with Crippen molar-refractivity contribution in [2.75, 3.05) is 18.1 Å². The molecule has 2 unspecified atom stereocenters. The Morgan fingerprint density at radius 1 is 0.974 bits per heavy atom. The van der Waals surface area contributed by atoms with Crippen molar-refractivity contribution in [3.8, 4) is 0 Å². The zero-order valence-electron chi connectivity index (χ0n) is 20.8. The second-order valence-electron chi connectivity index (χ2n) is 8.79. The van der Waals surface area contributed by atoms with E-state index < -0.39 is 17.1 Å². The predicted octanol–water partition coefficient (Wildman–Crippen LogP) is 3.87. The summed E-state index contributed by atoms with van der Waals surface area (Å²) >= 11 is -1.72. The lowest BCUT2D eigenvalue weighted by Gasteiger charge is -2.24. The first-order valence-corrected chi connectivity index (χ1v) is 13.5. The van der Waals surface area contributed by atoms with Crippen molar-refractivity contribution in [1.82, 2.24) is 20.3 Å². The average molecular weight is 528 g/mol. The number of aryl methyl sites for hydroxylation is 1. The summed E-state index contributed by atoms with van der Waals surface area (Å²) in [5, 5.41) is 13.6. The molecule has 0 amide bonds. The van der Waals surface area contributed by atoms with Crippen LogP contribution in [-0.4, -0.2) is 49.0 Å². The molecule has 3 aromatic heterocycles. The van der Waals surface area contributed by atoms with Crippen molar-refractivity contribution in [1.29, 1.82) is 0 Å². The summed E-state index contributed by atoms with van der Waals surface area (Å²) in [6, 6.07) is 21.9. The number of aromatic nitrogens is 3. The molecule has 9 nitrogen and oxygen atoms in total. The molecular formula is C28H29N7O2S. The van der Waals surface area contributed by atoms with Crippen LogP contribution in [0.25, 0.3) is 0 Å². The smallest absolute Gasteiger partial charge is 0.267 e. The number of amidine groups is 1. The van der Waals surface area contributed by atoms with Crippen molar-refractivity contribution >= 4 is 34.2 Å². The number of aliphatic hydroxyl groups excluding tert-OH is 1. The summed E-state index contributed by atoms with van der Waals surface area (Å²) in [4.78, 5) is 14.1. The molecule has 0 fully saturated rings. The minimum Gasteiger partial charge on any atom is -0.395 e. The minimum atomic E-state index is -1.72. The second kappa shape index (κ2) is 12.4. The van der Waals surface area contributed by atoms with E-state index in [1.165, 1.54) is 0 Å². The molecule has 1 aliphatic rings. The molecule has 4 aromatic rings. The molecule has 5 rings (SSSR count). The molecule has 0 bridgehead atoms. The van der Waals surface area contributed by atoms with Crippen LogP contribution >= 0.6 is 0 Å². The number of H-pyrrole nitrogens is 1. The van der Waals surface area contributed by atoms with E-state index in [1.807, 2.05) is 60.8 Å². The fourth-order valence-electron chi connectivity index (χ4n) is 4.51. The molecule has 0 spiro atoms. The fourth-order valence-corrected chi connectivity index (χ4v) is 5.24. The van der Waals surface area contributed by atoms with Gasteiger partial charge in [-0.1, -0.05) is 24.3 Å². The Kier molecular flexibility index (Phi) is 8.32. The molecule has 10 heteroatoms. The maximum absolute atomic E-state index is 12.2. The number of nitrogens with zero attached hydrogens (tertiary/aromatic N) is 5. The van der Waals surface area contributed by atoms with E-state index in [9.17, 15) is 9.32 Å². The molecule has 1 aromatic carbocycles. The van der Waals surface area contributed by atoms with Gasteiger partial charge in [-0.15, -0.1) is 4.40 Å². The normalized spacial score (nSPS) is 15.6. The van der Waals surface area contributed by atoms with Gasteiger partial charge < -0.3 is 20.3 Å². The van der Waals surface area contributed by atoms with Gasteiger partial charge in [-0.3, -0.25) is 4.98 Å². The Bertz CT molecular complexity index is 1370. The number of hydrogen-bond donors (Lipinski definition) is 3. The predicted molar refractivity (Wildman–Crippen MR) is 151 cm³/mol. The minimum absolute atomic E-state index is 0.191. The first-order valence-electron chi connectivity index (χ1n) is 12.5. The Morgan fingerprint density at radius 2 is 1.79 bits per heavy atom. The van der Waals surface area contributed by atoms with Crippen LogP contribution in [0.1, 0.15) is 29.2 Å². The van der Waals surface area contributed by atoms with Crippen molar-refractivity contribution in [3.05, 3.63) is 108 Å². The fraction of sp³-hybridized carbons (Fsp3) is 0.214. The molecule has 0 aliphatic carbocycles. The summed E-state index contributed by atoms with van der Waals surface area (Å²) in [7, 11) is 0. The number of anilines is 2. The van der Waals surface area contributed by atoms with Gasteiger partial charge in [0.1, 0.15) is 11.5 Å². The monoisotopic (exact) mass is 527 g/mol. The summed E-state index contributed by atoms with van der Waals surface area (Å²) in [6.07, 6.45) is 8.74. The Balaban J connectivity index is 1.29. The van der Waals surface area contributed by atoms with Crippen LogP contribution in [0.15, 0.2) is 100 Å². The molecule has 0 saturated heterocycles. The lowest BCUT2D eigenvalue weighted by atomic mass is 9.94. The van der Waals surface area contributed by atoms with Crippen LogP contribution in [0.5, 0.6) is 0 Å². The van der Waals surface area contributed by atoms with E-state index in [2.05, 4.69) is 46.1 Å². The number of para-hydroxylation sites is 1. The first kappa shape index (κ1) is 25.5. The average Bonchev–Trinajstić information content (AvgIpc) is 3.58. The summed E-state index contributed by atoms with van der Waals surface area (Å²) < 4.78 is 20.7. The molecule has 2 atom stereocenters. The first-order chi connectivity index (χ1) is 18.7. The molecule has 4 heterocycles. The number of aliphatic hydroxyl groups is 1. The van der Waals surface area contributed by atoms with Crippen LogP contribution in [0.4, 0.5) is 11.5 Å². The van der Waals surface area contributed by atoms with Crippen LogP contribution in [0.3, 0.4) is 0 Å². The van der Waals surface area contributed by atoms with Gasteiger partial charge in [-0.05, 0) is 66.4 Å². The van der Waals surface area contributed by atoms with Crippen LogP contribution in [-0.2, 0) is 24.1 Å². The summed E-state index contributed by atoms with van der Waals surface area (Å²) in [5.74, 6) is 0.853. The zero-order chi connectivity index (χ0) is 26.2. The number of aromatic amines is 1. The number of pyridine rings is 2. The van der Waals surface area contributed by atoms with Gasteiger partial charge in [-0.2, -0.15) is 4.40 Å². The van der Waals surface area contributed by atoms with Crippen LogP contribution in [0, 0.1) is 0 Å². The van der Waals surface area contributed by atoms with Gasteiger partial charge in [0.2, 0.25) is 0 Å². The van der Waals surface area contributed by atoms with Crippen molar-refractivity contribution in [3.63, 3.8) is 0 Å². The van der Waals surface area contributed by atoms with Crippen molar-refractivity contribution in [2.24, 2.45) is 8.80 Å². The topological polar surface area (TPSA) is 119 Å². The molecule has 0 radical (unpaired) electrons. The van der Waals surface area contributed by atoms with Gasteiger partial charge in [0.15, 0.2) is 5.84 Å². The third-order valence-corrected chi connectivity index (χ3v) is 7.04. The summed E-state index contributed by atoms with van der Waals surface area (Å²) in [5.41, 5.74) is 4.51. The molecule has 1 aliphatic heterocycles. The summed E-state index contributed by atoms with van der Waals surface area (Å²) in [6.45, 7) is 1.06. The van der Waals surface area contributed by atoms with Gasteiger partial charge >= 0.3 is 0 Å². The van der Waals surface area contributed by atoms with Gasteiger partial charge in [0, 0.05) is 49.3 Å². The van der Waals surface area contributed by atoms with Crippen molar-refractivity contribution < 1.29 is 9.32 Å². The van der Waals surface area contributed by atoms with Gasteiger partial charge in [-0.25, -0.2) is 9.19 Å². The van der Waals surface area contributed by atoms with Gasteiger partial charge in [0.05, 0.1) is 12.5 Å². The third kappa shape index (κ3) is 6.04. The SMILES string of the molecule is O=S1N=C(NCc2ccncc2)C(C(CO)c2[nH]ccc2CCCN(c2ccccc2)c2ccccn2)=N1. The van der Waals surface area contributed by atoms with Crippen LogP contribution in [0.2, 0.25) is 0 Å². The van der Waals surface area contributed by atoms with Crippen LogP contribution < -0.4 is 10.2 Å². The number of benzene rings is 1. The number of nitrogens with one attached hydrogen (secondary N) is 2. The Morgan fingerprint density at radius 3 is 2.55 bits per heavy atom. The molecular weight excluding hydrogens is 498 g/mol. The largest absolute Gasteiger partial charge is 0.395 e. The highest BCUT2D eigenvalue weighted by molar-refractivity contribution is 7.83. The zero-order valence-corrected chi connectivity index (χ0v) is 21.6. The number of rotatable bonds is 11. The molecule has 194 valence electrons. The van der Waals surface area contributed by atoms with E-state index in [-0.39, 0.29) is 6.61 Å². The van der Waals surface area contributed by atoms with E-state index in [0.29, 0.717) is 18.1 Å². The highest BCUT2D eigenvalue weighted by Crippen LogP contribution is 2.27. The molecule has 38 heavy (non-hydrogen) atoms. The third-order valence-electron chi connectivity index (χ3n) is 6.35. The standard InChI is InChI=1S/C28H29N7O2S/c36-20-24(27-28(34-38(37)33-27)32-19-21-11-15-29-16-12-21)26-22(13-17-31-26)7-6-18-35(23-8-2-1-3-9-23)25-10-4-5-14-30-25/h1-5,8-17,24,31,36H,6-7,18-20H2,(H,32,34). The quantitative estimate of drug-likeness (QED) is 0.272. The molecule has 3 N–H and O–H groups in total. The van der Waals surface area contributed by atoms with E-state index >= 15 is 0 Å². The maximum Gasteiger partial charge on any atom is 0.267 e. The van der Waals surface area contributed by atoms with E-state index in [0.717, 1.165) is 47.7 Å². The van der Waals surface area contributed by atoms with Crippen molar-refractivity contribution in [2.45, 2.75) is 25.3 Å². The second-order valence-corrected chi connectivity index (χ2v) is 9.61. The highest BCUT2D eigenvalue weighted by atomic mass is 32.2. The Labute approximate surface area is 224 Å². The van der Waals surface area contributed by atoms with E-state index in [1.54, 1.807) is 18.6 Å². The maximum atomic E-state index is 12.2. The molecule has 0 saturated carbocycles. The highest BCUT2D eigenvalue weighted by Gasteiger charge is 2.30. The lowest BCUT2D eigenvalue weighted by Crippen LogP contribution is -2.34. The Hall–Kier alpha value is -4.15. The van der Waals surface area contributed by atoms with Gasteiger partial charge in [0.25, 0.3) is 11.2 Å². The number of hydrogen-bond acceptors (Lipinski definition) is 6. The van der Waals surface area contributed by atoms with E-state index in [4.69, 9.17) is 0 Å².